The molecular weight excluding hydrogens is 340 g/mol. The maximum Gasteiger partial charge on any atom is 0.196 e. The predicted molar refractivity (Wildman–Crippen MR) is 105 cm³/mol. The Kier molecular flexibility index (Phi) is 3.50. The predicted octanol–water partition coefficient (Wildman–Crippen LogP) is 5.25. The van der Waals surface area contributed by atoms with Crippen LogP contribution in [0.4, 0.5) is 0 Å². The lowest BCUT2D eigenvalue weighted by atomic mass is 9.97. The van der Waals surface area contributed by atoms with Gasteiger partial charge in [-0.1, -0.05) is 24.3 Å². The maximum atomic E-state index is 12.9. The fraction of sp³-hybridized carbons (Fsp3) is 0.0870. The normalized spacial score (nSPS) is 15.1. The first-order chi connectivity index (χ1) is 13.2. The van der Waals surface area contributed by atoms with Crippen molar-refractivity contribution in [3.8, 4) is 11.5 Å². The lowest BCUT2D eigenvalue weighted by Gasteiger charge is -2.19. The van der Waals surface area contributed by atoms with Gasteiger partial charge in [0.2, 0.25) is 0 Å². The van der Waals surface area contributed by atoms with E-state index in [0.717, 1.165) is 27.5 Å². The zero-order valence-electron chi connectivity index (χ0n) is 14.7. The van der Waals surface area contributed by atoms with Gasteiger partial charge in [-0.05, 0) is 48.0 Å². The molecule has 27 heavy (non-hydrogen) atoms. The van der Waals surface area contributed by atoms with Crippen LogP contribution in [0.25, 0.3) is 28.0 Å². The van der Waals surface area contributed by atoms with Crippen LogP contribution >= 0.6 is 0 Å². The van der Waals surface area contributed by atoms with Crippen molar-refractivity contribution in [3.63, 3.8) is 0 Å². The third-order valence-corrected chi connectivity index (χ3v) is 4.85. The van der Waals surface area contributed by atoms with Gasteiger partial charge in [0, 0.05) is 16.3 Å². The molecule has 0 saturated heterocycles. The molecule has 0 saturated carbocycles. The van der Waals surface area contributed by atoms with Gasteiger partial charge in [-0.3, -0.25) is 4.79 Å². The largest absolute Gasteiger partial charge is 0.497 e. The summed E-state index contributed by atoms with van der Waals surface area (Å²) in [6.45, 7) is 0.252. The fourth-order valence-electron chi connectivity index (χ4n) is 3.48. The van der Waals surface area contributed by atoms with Gasteiger partial charge in [0.1, 0.15) is 29.3 Å². The van der Waals surface area contributed by atoms with Crippen molar-refractivity contribution in [3.05, 3.63) is 77.4 Å². The highest BCUT2D eigenvalue weighted by atomic mass is 16.5. The van der Waals surface area contributed by atoms with Crippen molar-refractivity contribution in [1.29, 1.82) is 0 Å². The minimum atomic E-state index is -0.0349. The van der Waals surface area contributed by atoms with E-state index >= 15 is 0 Å². The first kappa shape index (κ1) is 15.7. The van der Waals surface area contributed by atoms with E-state index in [1.807, 2.05) is 48.5 Å². The molecule has 0 atom stereocenters. The number of carbonyl (C=O) groups is 1. The van der Waals surface area contributed by atoms with Gasteiger partial charge in [-0.15, -0.1) is 0 Å². The second kappa shape index (κ2) is 6.02. The van der Waals surface area contributed by atoms with E-state index in [-0.39, 0.29) is 12.4 Å². The van der Waals surface area contributed by atoms with Crippen LogP contribution in [0, 0.1) is 0 Å². The third kappa shape index (κ3) is 2.57. The molecule has 5 rings (SSSR count). The zero-order chi connectivity index (χ0) is 18.4. The number of methoxy groups -OCH3 is 1. The van der Waals surface area contributed by atoms with Crippen molar-refractivity contribution < 1.29 is 18.7 Å². The van der Waals surface area contributed by atoms with E-state index < -0.39 is 0 Å². The van der Waals surface area contributed by atoms with E-state index in [1.165, 1.54) is 0 Å². The smallest absolute Gasteiger partial charge is 0.196 e. The van der Waals surface area contributed by atoms with E-state index in [4.69, 9.17) is 13.9 Å². The van der Waals surface area contributed by atoms with Gasteiger partial charge in [-0.25, -0.2) is 0 Å². The highest BCUT2D eigenvalue weighted by Gasteiger charge is 2.24. The number of Topliss-reactive ketones (excluding diaryl/α,β-unsaturated/α-hetero) is 1. The molecule has 0 N–H and O–H groups in total. The summed E-state index contributed by atoms with van der Waals surface area (Å²) in [6.07, 6.45) is 1.88. The number of hydrogen-bond acceptors (Lipinski definition) is 4. The number of fused-ring (bicyclic) bond motifs is 4. The topological polar surface area (TPSA) is 48.7 Å². The molecule has 0 fully saturated rings. The molecule has 0 bridgehead atoms. The van der Waals surface area contributed by atoms with E-state index in [2.05, 4.69) is 0 Å². The maximum absolute atomic E-state index is 12.9. The van der Waals surface area contributed by atoms with E-state index in [0.29, 0.717) is 22.6 Å². The number of furan rings is 1. The Hall–Kier alpha value is -3.53. The van der Waals surface area contributed by atoms with Crippen molar-refractivity contribution in [1.82, 2.24) is 0 Å². The SMILES string of the molecule is COc1ccc2c(c1)C(=O)/C(=C/c1ccc3oc4ccccc4c3c1)CO2. The monoisotopic (exact) mass is 356 g/mol. The molecule has 1 aromatic heterocycles. The van der Waals surface area contributed by atoms with E-state index in [9.17, 15) is 4.79 Å². The van der Waals surface area contributed by atoms with Crippen molar-refractivity contribution >= 4 is 33.8 Å². The highest BCUT2D eigenvalue weighted by molar-refractivity contribution is 6.14. The minimum Gasteiger partial charge on any atom is -0.497 e. The van der Waals surface area contributed by atoms with Gasteiger partial charge < -0.3 is 13.9 Å². The number of ketones is 1. The van der Waals surface area contributed by atoms with Crippen LogP contribution in [0.2, 0.25) is 0 Å². The number of carbonyl (C=O) groups excluding carboxylic acids is 1. The van der Waals surface area contributed by atoms with Gasteiger partial charge in [0.25, 0.3) is 0 Å². The Labute approximate surface area is 155 Å². The number of ether oxygens (including phenoxy) is 2. The molecule has 4 heteroatoms. The molecule has 0 unspecified atom stereocenters. The van der Waals surface area contributed by atoms with Crippen molar-refractivity contribution in [2.75, 3.05) is 13.7 Å². The molecule has 0 spiro atoms. The summed E-state index contributed by atoms with van der Waals surface area (Å²) in [6, 6.07) is 19.2. The Morgan fingerprint density at radius 3 is 2.70 bits per heavy atom. The molecule has 4 aromatic rings. The molecular formula is C23H16O4. The molecule has 1 aliphatic rings. The third-order valence-electron chi connectivity index (χ3n) is 4.85. The van der Waals surface area contributed by atoms with E-state index in [1.54, 1.807) is 25.3 Å². The molecule has 0 radical (unpaired) electrons. The first-order valence-electron chi connectivity index (χ1n) is 8.70. The van der Waals surface area contributed by atoms with Crippen LogP contribution in [0.5, 0.6) is 11.5 Å². The van der Waals surface area contributed by atoms with Gasteiger partial charge in [0.15, 0.2) is 5.78 Å². The van der Waals surface area contributed by atoms with Crippen LogP contribution in [0.3, 0.4) is 0 Å². The summed E-state index contributed by atoms with van der Waals surface area (Å²) >= 11 is 0. The summed E-state index contributed by atoms with van der Waals surface area (Å²) < 4.78 is 16.8. The quantitative estimate of drug-likeness (QED) is 0.460. The first-order valence-corrected chi connectivity index (χ1v) is 8.70. The van der Waals surface area contributed by atoms with Gasteiger partial charge in [0.05, 0.1) is 12.7 Å². The molecule has 3 aromatic carbocycles. The summed E-state index contributed by atoms with van der Waals surface area (Å²) in [4.78, 5) is 12.9. The summed E-state index contributed by atoms with van der Waals surface area (Å²) in [7, 11) is 1.58. The van der Waals surface area contributed by atoms with Gasteiger partial charge in [-0.2, -0.15) is 0 Å². The van der Waals surface area contributed by atoms with Crippen LogP contribution in [-0.2, 0) is 0 Å². The Balaban J connectivity index is 1.58. The van der Waals surface area contributed by atoms with Crippen LogP contribution in [-0.4, -0.2) is 19.5 Å². The molecule has 4 nitrogen and oxygen atoms in total. The van der Waals surface area contributed by atoms with Crippen LogP contribution < -0.4 is 9.47 Å². The lowest BCUT2D eigenvalue weighted by molar-refractivity contribution is 0.100. The Morgan fingerprint density at radius 2 is 1.81 bits per heavy atom. The summed E-state index contributed by atoms with van der Waals surface area (Å²) in [5.41, 5.74) is 3.77. The molecule has 0 amide bonds. The number of hydrogen-bond donors (Lipinski definition) is 0. The minimum absolute atomic E-state index is 0.0349. The standard InChI is InChI=1S/C23H16O4/c1-25-16-7-9-20-19(12-16)23(24)15(13-26-20)10-14-6-8-22-18(11-14)17-4-2-3-5-21(17)27-22/h2-12H,13H2,1H3/b15-10+. The second-order valence-electron chi connectivity index (χ2n) is 6.50. The number of benzene rings is 3. The average Bonchev–Trinajstić information content (AvgIpc) is 3.08. The van der Waals surface area contributed by atoms with Crippen LogP contribution in [0.1, 0.15) is 15.9 Å². The number of rotatable bonds is 2. The molecule has 132 valence electrons. The van der Waals surface area contributed by atoms with Crippen molar-refractivity contribution in [2.45, 2.75) is 0 Å². The van der Waals surface area contributed by atoms with Crippen LogP contribution in [0.15, 0.2) is 70.7 Å². The highest BCUT2D eigenvalue weighted by Crippen LogP contribution is 2.33. The second-order valence-corrected chi connectivity index (χ2v) is 6.50. The molecule has 0 aliphatic carbocycles. The number of para-hydroxylation sites is 1. The lowest BCUT2D eigenvalue weighted by Crippen LogP contribution is -2.19. The zero-order valence-corrected chi connectivity index (χ0v) is 14.7. The molecule has 2 heterocycles. The fourth-order valence-corrected chi connectivity index (χ4v) is 3.48. The summed E-state index contributed by atoms with van der Waals surface area (Å²) in [5.74, 6) is 1.19. The van der Waals surface area contributed by atoms with Gasteiger partial charge >= 0.3 is 0 Å². The Morgan fingerprint density at radius 1 is 0.963 bits per heavy atom. The molecule has 1 aliphatic heterocycles. The Bertz CT molecular complexity index is 1230. The van der Waals surface area contributed by atoms with Crippen molar-refractivity contribution in [2.24, 2.45) is 0 Å². The summed E-state index contributed by atoms with van der Waals surface area (Å²) in [5, 5.41) is 2.10. The average molecular weight is 356 g/mol.